The van der Waals surface area contributed by atoms with Crippen molar-refractivity contribution in [1.29, 1.82) is 0 Å². The molecular weight excluding hydrogens is 544 g/mol. The number of ether oxygens (including phenoxy) is 1. The monoisotopic (exact) mass is 604 g/mol. The van der Waals surface area contributed by atoms with Crippen molar-refractivity contribution >= 4 is 5.78 Å². The number of rotatable bonds is 0. The molecule has 0 amide bonds. The van der Waals surface area contributed by atoms with Gasteiger partial charge >= 0.3 is 0 Å². The fourth-order valence-electron chi connectivity index (χ4n) is 15.6. The van der Waals surface area contributed by atoms with Crippen LogP contribution in [0.4, 0.5) is 0 Å². The van der Waals surface area contributed by atoms with E-state index in [-0.39, 0.29) is 28.5 Å². The average molecular weight is 605 g/mol. The third kappa shape index (κ3) is 3.63. The van der Waals surface area contributed by atoms with Gasteiger partial charge in [0.25, 0.3) is 0 Å². The number of carbonyl (C=O) groups is 1. The topological polar surface area (TPSA) is 66.8 Å². The summed E-state index contributed by atoms with van der Waals surface area (Å²) in [5.74, 6) is 7.12. The predicted octanol–water partition coefficient (Wildman–Crippen LogP) is 8.39. The van der Waals surface area contributed by atoms with Gasteiger partial charge in [-0.1, -0.05) is 27.7 Å². The van der Waals surface area contributed by atoms with Gasteiger partial charge in [-0.3, -0.25) is 4.79 Å². The van der Waals surface area contributed by atoms with Crippen molar-refractivity contribution in [1.82, 2.24) is 0 Å². The fraction of sp³-hybridized carbons (Fsp3) is 0.925. The summed E-state index contributed by atoms with van der Waals surface area (Å²) in [6, 6.07) is 0. The minimum absolute atomic E-state index is 0.0978. The minimum atomic E-state index is -0.598. The van der Waals surface area contributed by atoms with E-state index in [1.807, 2.05) is 0 Å². The van der Waals surface area contributed by atoms with Crippen molar-refractivity contribution in [3.8, 4) is 0 Å². The van der Waals surface area contributed by atoms with Crippen LogP contribution < -0.4 is 0 Å². The van der Waals surface area contributed by atoms with E-state index in [1.54, 1.807) is 5.57 Å². The lowest BCUT2D eigenvalue weighted by atomic mass is 9.43. The van der Waals surface area contributed by atoms with Crippen LogP contribution in [0.1, 0.15) is 143 Å². The van der Waals surface area contributed by atoms with E-state index < -0.39 is 5.60 Å². The quantitative estimate of drug-likeness (QED) is 0.291. The zero-order chi connectivity index (χ0) is 30.4. The molecule has 9 aliphatic rings. The van der Waals surface area contributed by atoms with Crippen molar-refractivity contribution in [2.24, 2.45) is 69.0 Å². The van der Waals surface area contributed by atoms with Gasteiger partial charge in [-0.15, -0.1) is 0 Å². The predicted molar refractivity (Wildman–Crippen MR) is 171 cm³/mol. The molecule has 7 saturated carbocycles. The first-order valence-corrected chi connectivity index (χ1v) is 19.2. The zero-order valence-electron chi connectivity index (χ0n) is 28.2. The number of Topliss-reactive ketones (excluding diaryl/α,β-unsaturated/α-hetero) is 1. The third-order valence-corrected chi connectivity index (χ3v) is 18.2. The standard InChI is InChI=1S/C40H60O4/c1-36-16-14-30-26(28(36)9-11-33(36)41)7-5-24-19-32-23(21-38(24,30)3)13-18-40(44-32)22-39(4)25(20-35(40)43)6-8-27-29-10-12-34(42)37(29,2)17-15-31(27)39/h24-31,33-34,41-42H,5-22H2,1-4H3/t24-,25+,26-,27+,28-,29-,30-,31+,33+,34+,36-,37-,38-,39-,40-/m0/s1. The number of fused-ring (bicyclic) bond motifs is 10. The molecule has 8 aliphatic carbocycles. The fourth-order valence-corrected chi connectivity index (χ4v) is 15.6. The van der Waals surface area contributed by atoms with E-state index in [0.29, 0.717) is 46.7 Å². The molecule has 4 nitrogen and oxygen atoms in total. The molecule has 1 heterocycles. The highest BCUT2D eigenvalue weighted by Crippen LogP contribution is 2.70. The molecule has 1 aliphatic heterocycles. The summed E-state index contributed by atoms with van der Waals surface area (Å²) in [7, 11) is 0. The molecule has 244 valence electrons. The number of hydrogen-bond acceptors (Lipinski definition) is 4. The van der Waals surface area contributed by atoms with Crippen LogP contribution in [0.15, 0.2) is 11.3 Å². The lowest BCUT2D eigenvalue weighted by Gasteiger charge is -2.63. The molecule has 9 rings (SSSR count). The van der Waals surface area contributed by atoms with Gasteiger partial charge in [-0.25, -0.2) is 0 Å². The van der Waals surface area contributed by atoms with Crippen molar-refractivity contribution in [2.75, 3.05) is 0 Å². The first-order chi connectivity index (χ1) is 20.9. The van der Waals surface area contributed by atoms with Crippen LogP contribution in [0.5, 0.6) is 0 Å². The van der Waals surface area contributed by atoms with Crippen LogP contribution >= 0.6 is 0 Å². The maximum atomic E-state index is 14.2. The lowest BCUT2D eigenvalue weighted by molar-refractivity contribution is -0.186. The number of hydrogen-bond donors (Lipinski definition) is 2. The van der Waals surface area contributed by atoms with Gasteiger partial charge in [0.05, 0.1) is 18.0 Å². The molecular formula is C40H60O4. The summed E-state index contributed by atoms with van der Waals surface area (Å²) in [6.07, 6.45) is 19.9. The van der Waals surface area contributed by atoms with Crippen molar-refractivity contribution < 1.29 is 19.7 Å². The van der Waals surface area contributed by atoms with Gasteiger partial charge in [0, 0.05) is 19.3 Å². The van der Waals surface area contributed by atoms with Gasteiger partial charge in [0.15, 0.2) is 11.4 Å². The molecule has 7 fully saturated rings. The number of carbonyl (C=O) groups excluding carboxylic acids is 1. The molecule has 4 heteroatoms. The van der Waals surface area contributed by atoms with E-state index in [1.165, 1.54) is 70.0 Å². The Bertz CT molecular complexity index is 1270. The highest BCUT2D eigenvalue weighted by atomic mass is 16.5. The highest BCUT2D eigenvalue weighted by Gasteiger charge is 2.66. The summed E-state index contributed by atoms with van der Waals surface area (Å²) in [5, 5.41) is 21.9. The molecule has 0 bridgehead atoms. The highest BCUT2D eigenvalue weighted by molar-refractivity contribution is 5.89. The zero-order valence-corrected chi connectivity index (χ0v) is 28.2. The first kappa shape index (κ1) is 29.3. The van der Waals surface area contributed by atoms with E-state index in [2.05, 4.69) is 27.7 Å². The van der Waals surface area contributed by atoms with Crippen LogP contribution in [0.3, 0.4) is 0 Å². The maximum absolute atomic E-state index is 14.2. The SMILES string of the molecule is C[C@]12C[C@@]3(CCC4=C(C[C@@H]5CC[C@@H]6[C@H](CC[C@]7(C)[C@H](O)CC[C@@H]67)[C@@]5(C)C4)O3)C(=O)C[C@H]1CC[C@H]1[C@H]2CC[C@]2(C)[C@H](O)CC[C@@H]12. The Hall–Kier alpha value is -0.870. The Morgan fingerprint density at radius 1 is 0.614 bits per heavy atom. The Balaban J connectivity index is 0.976. The summed E-state index contributed by atoms with van der Waals surface area (Å²) < 4.78 is 7.24. The molecule has 1 spiro atoms. The Morgan fingerprint density at radius 2 is 1.16 bits per heavy atom. The number of allylic oxidation sites excluding steroid dienone is 2. The molecule has 0 aromatic rings. The smallest absolute Gasteiger partial charge is 0.176 e. The molecule has 0 unspecified atom stereocenters. The summed E-state index contributed by atoms with van der Waals surface area (Å²) in [6.45, 7) is 9.99. The van der Waals surface area contributed by atoms with E-state index in [0.717, 1.165) is 63.2 Å². The van der Waals surface area contributed by atoms with Crippen LogP contribution in [0, 0.1) is 69.0 Å². The normalized spacial score (nSPS) is 59.5. The number of ketones is 1. The largest absolute Gasteiger partial charge is 0.484 e. The summed E-state index contributed by atoms with van der Waals surface area (Å²) in [5.41, 5.74) is 1.73. The van der Waals surface area contributed by atoms with Crippen LogP contribution in [0.25, 0.3) is 0 Å². The molecule has 2 N–H and O–H groups in total. The second kappa shape index (κ2) is 9.39. The summed E-state index contributed by atoms with van der Waals surface area (Å²) >= 11 is 0. The van der Waals surface area contributed by atoms with Gasteiger partial charge in [-0.2, -0.15) is 0 Å². The molecule has 0 radical (unpaired) electrons. The average Bonchev–Trinajstić information content (AvgIpc) is 3.47. The third-order valence-electron chi connectivity index (χ3n) is 18.2. The van der Waals surface area contributed by atoms with Crippen molar-refractivity contribution in [3.63, 3.8) is 0 Å². The van der Waals surface area contributed by atoms with Crippen LogP contribution in [0.2, 0.25) is 0 Å². The van der Waals surface area contributed by atoms with Crippen LogP contribution in [-0.2, 0) is 9.53 Å². The maximum Gasteiger partial charge on any atom is 0.176 e. The van der Waals surface area contributed by atoms with Crippen molar-refractivity contribution in [2.45, 2.75) is 161 Å². The van der Waals surface area contributed by atoms with E-state index >= 15 is 0 Å². The van der Waals surface area contributed by atoms with Gasteiger partial charge in [0.2, 0.25) is 0 Å². The lowest BCUT2D eigenvalue weighted by Crippen LogP contribution is -2.61. The molecule has 0 saturated heterocycles. The molecule has 0 aromatic carbocycles. The molecule has 44 heavy (non-hydrogen) atoms. The second-order valence-corrected chi connectivity index (χ2v) is 19.4. The summed E-state index contributed by atoms with van der Waals surface area (Å²) in [4.78, 5) is 14.2. The Morgan fingerprint density at radius 3 is 1.77 bits per heavy atom. The van der Waals surface area contributed by atoms with Crippen molar-refractivity contribution in [3.05, 3.63) is 11.3 Å². The van der Waals surface area contributed by atoms with Crippen LogP contribution in [-0.4, -0.2) is 33.8 Å². The second-order valence-electron chi connectivity index (χ2n) is 19.4. The van der Waals surface area contributed by atoms with Gasteiger partial charge in [0.1, 0.15) is 0 Å². The van der Waals surface area contributed by atoms with Gasteiger partial charge < -0.3 is 14.9 Å². The number of aliphatic hydroxyl groups excluding tert-OH is 2. The van der Waals surface area contributed by atoms with E-state index in [4.69, 9.17) is 4.74 Å². The minimum Gasteiger partial charge on any atom is -0.484 e. The molecule has 0 aromatic heterocycles. The molecule has 15 atom stereocenters. The first-order valence-electron chi connectivity index (χ1n) is 19.2. The van der Waals surface area contributed by atoms with Gasteiger partial charge in [-0.05, 0) is 171 Å². The number of aliphatic hydroxyl groups is 2. The van der Waals surface area contributed by atoms with E-state index in [9.17, 15) is 15.0 Å². The Labute approximate surface area is 266 Å². The Kier molecular flexibility index (Phi) is 6.25.